The fourth-order valence-electron chi connectivity index (χ4n) is 4.02. The molecule has 9 heteroatoms. The Kier molecular flexibility index (Phi) is 6.83. The average Bonchev–Trinajstić information content (AvgIpc) is 3.27. The zero-order valence-electron chi connectivity index (χ0n) is 19.4. The molecule has 1 aromatic heterocycles. The second-order valence-corrected chi connectivity index (χ2v) is 11.3. The molecule has 35 heavy (non-hydrogen) atoms. The summed E-state index contributed by atoms with van der Waals surface area (Å²) in [6.07, 6.45) is 2.68. The van der Waals surface area contributed by atoms with Gasteiger partial charge in [0.15, 0.2) is 5.75 Å². The molecule has 0 radical (unpaired) electrons. The number of nitriles is 1. The van der Waals surface area contributed by atoms with Crippen LogP contribution >= 0.6 is 23.2 Å². The summed E-state index contributed by atoms with van der Waals surface area (Å²) in [5.41, 5.74) is 4.34. The highest BCUT2D eigenvalue weighted by Crippen LogP contribution is 2.39. The van der Waals surface area contributed by atoms with Gasteiger partial charge in [-0.25, -0.2) is 8.42 Å². The summed E-state index contributed by atoms with van der Waals surface area (Å²) in [6, 6.07) is 19.5. The largest absolute Gasteiger partial charge is 0.489 e. The number of hydrogen-bond acceptors (Lipinski definition) is 5. The molecule has 0 saturated heterocycles. The fourth-order valence-corrected chi connectivity index (χ4v) is 5.12. The fraction of sp³-hybridized carbons (Fsp3) is 0.231. The van der Waals surface area contributed by atoms with Gasteiger partial charge in [-0.2, -0.15) is 14.4 Å². The van der Waals surface area contributed by atoms with Crippen LogP contribution in [0.4, 0.5) is 0 Å². The van der Waals surface area contributed by atoms with Gasteiger partial charge >= 0.3 is 0 Å². The maximum Gasteiger partial charge on any atom is 0.251 e. The van der Waals surface area contributed by atoms with Crippen LogP contribution in [-0.4, -0.2) is 36.3 Å². The molecule has 0 N–H and O–H groups in total. The van der Waals surface area contributed by atoms with Crippen LogP contribution in [0.1, 0.15) is 30.5 Å². The maximum atomic E-state index is 11.9. The molecule has 0 aliphatic heterocycles. The summed E-state index contributed by atoms with van der Waals surface area (Å²) >= 11 is 12.2. The van der Waals surface area contributed by atoms with Gasteiger partial charge in [-0.3, -0.25) is 0 Å². The molecule has 0 spiro atoms. The van der Waals surface area contributed by atoms with Crippen LogP contribution in [0.2, 0.25) is 5.02 Å². The van der Waals surface area contributed by atoms with E-state index in [0.717, 1.165) is 38.0 Å². The Labute approximate surface area is 214 Å². The summed E-state index contributed by atoms with van der Waals surface area (Å²) in [4.78, 5) is 0. The predicted octanol–water partition coefficient (Wildman–Crippen LogP) is 5.98. The SMILES string of the molecule is CC(C)(c1ccc(-c2ccc3c(cnn3S(C)(=O)=O)c2)cc1)c1cc(Cl)c(OCCCl)c(C#N)c1. The number of fused-ring (bicyclic) bond motifs is 1. The Balaban J connectivity index is 1.67. The van der Waals surface area contributed by atoms with E-state index in [0.29, 0.717) is 27.7 Å². The third-order valence-corrected chi connectivity index (χ3v) is 7.35. The zero-order chi connectivity index (χ0) is 25.4. The molecule has 1 heterocycles. The van der Waals surface area contributed by atoms with Crippen LogP contribution in [0.25, 0.3) is 22.0 Å². The number of halogens is 2. The minimum atomic E-state index is -3.47. The van der Waals surface area contributed by atoms with E-state index in [1.807, 2.05) is 42.5 Å². The lowest BCUT2D eigenvalue weighted by Crippen LogP contribution is -2.19. The molecule has 3 aromatic carbocycles. The lowest BCUT2D eigenvalue weighted by atomic mass is 9.77. The molecule has 180 valence electrons. The van der Waals surface area contributed by atoms with Crippen molar-refractivity contribution >= 4 is 44.1 Å². The molecule has 4 aromatic rings. The summed E-state index contributed by atoms with van der Waals surface area (Å²) in [6.45, 7) is 4.40. The monoisotopic (exact) mass is 527 g/mol. The van der Waals surface area contributed by atoms with E-state index in [-0.39, 0.29) is 6.61 Å². The van der Waals surface area contributed by atoms with Gasteiger partial charge in [0.05, 0.1) is 34.4 Å². The van der Waals surface area contributed by atoms with Crippen LogP contribution in [0.15, 0.2) is 60.8 Å². The van der Waals surface area contributed by atoms with Crippen molar-refractivity contribution in [3.05, 3.63) is 82.5 Å². The quantitative estimate of drug-likeness (QED) is 0.276. The number of hydrogen-bond donors (Lipinski definition) is 0. The minimum absolute atomic E-state index is 0.265. The Bertz CT molecular complexity index is 1550. The summed E-state index contributed by atoms with van der Waals surface area (Å²) in [5.74, 6) is 0.646. The second kappa shape index (κ2) is 9.54. The summed E-state index contributed by atoms with van der Waals surface area (Å²) < 4.78 is 30.4. The van der Waals surface area contributed by atoms with Crippen molar-refractivity contribution in [1.29, 1.82) is 5.26 Å². The first-order valence-electron chi connectivity index (χ1n) is 10.8. The minimum Gasteiger partial charge on any atom is -0.489 e. The number of alkyl halides is 1. The van der Waals surface area contributed by atoms with Gasteiger partial charge in [0.1, 0.15) is 12.7 Å². The highest BCUT2D eigenvalue weighted by Gasteiger charge is 2.26. The first kappa shape index (κ1) is 25.1. The summed E-state index contributed by atoms with van der Waals surface area (Å²) in [7, 11) is -3.47. The Morgan fingerprint density at radius 2 is 1.74 bits per heavy atom. The van der Waals surface area contributed by atoms with Crippen molar-refractivity contribution in [2.45, 2.75) is 19.3 Å². The highest BCUT2D eigenvalue weighted by molar-refractivity contribution is 7.89. The van der Waals surface area contributed by atoms with Crippen molar-refractivity contribution in [1.82, 2.24) is 9.19 Å². The summed E-state index contributed by atoms with van der Waals surface area (Å²) in [5, 5.41) is 14.7. The van der Waals surface area contributed by atoms with Gasteiger partial charge in [-0.1, -0.05) is 55.8 Å². The zero-order valence-corrected chi connectivity index (χ0v) is 21.7. The van der Waals surface area contributed by atoms with Gasteiger partial charge in [0.2, 0.25) is 0 Å². The molecule has 0 atom stereocenters. The van der Waals surface area contributed by atoms with Crippen molar-refractivity contribution in [3.63, 3.8) is 0 Å². The van der Waals surface area contributed by atoms with Gasteiger partial charge < -0.3 is 4.74 Å². The lowest BCUT2D eigenvalue weighted by molar-refractivity contribution is 0.341. The molecule has 0 fully saturated rings. The molecule has 0 amide bonds. The van der Waals surface area contributed by atoms with Crippen LogP contribution in [0, 0.1) is 11.3 Å². The Hall–Kier alpha value is -3.05. The van der Waals surface area contributed by atoms with Crippen molar-refractivity contribution in [3.8, 4) is 22.9 Å². The molecule has 4 rings (SSSR count). The lowest BCUT2D eigenvalue weighted by Gasteiger charge is -2.27. The number of nitrogens with zero attached hydrogens (tertiary/aromatic N) is 3. The molecular formula is C26H23Cl2N3O3S. The standard InChI is InChI=1S/C26H23Cl2N3O3S/c1-26(2,22-13-19(15-29)25(23(28)14-22)34-11-10-27)21-7-4-17(5-8-21)18-6-9-24-20(12-18)16-30-31(24)35(3,32)33/h4-9,12-14,16H,10-11H2,1-3H3. The van der Waals surface area contributed by atoms with Crippen LogP contribution < -0.4 is 4.74 Å². The molecular weight excluding hydrogens is 505 g/mol. The third-order valence-electron chi connectivity index (χ3n) is 6.00. The van der Waals surface area contributed by atoms with E-state index in [1.54, 1.807) is 18.3 Å². The van der Waals surface area contributed by atoms with Crippen molar-refractivity contribution in [2.24, 2.45) is 0 Å². The van der Waals surface area contributed by atoms with Crippen molar-refractivity contribution in [2.75, 3.05) is 18.7 Å². The van der Waals surface area contributed by atoms with Crippen LogP contribution in [0.5, 0.6) is 5.75 Å². The molecule has 0 saturated carbocycles. The predicted molar refractivity (Wildman–Crippen MR) is 140 cm³/mol. The van der Waals surface area contributed by atoms with E-state index in [9.17, 15) is 13.7 Å². The first-order chi connectivity index (χ1) is 16.6. The van der Waals surface area contributed by atoms with E-state index >= 15 is 0 Å². The van der Waals surface area contributed by atoms with Crippen LogP contribution in [-0.2, 0) is 15.4 Å². The Morgan fingerprint density at radius 3 is 2.37 bits per heavy atom. The van der Waals surface area contributed by atoms with E-state index in [1.165, 1.54) is 0 Å². The molecule has 0 unspecified atom stereocenters. The topological polar surface area (TPSA) is 85.0 Å². The average molecular weight is 528 g/mol. The van der Waals surface area contributed by atoms with Crippen molar-refractivity contribution < 1.29 is 13.2 Å². The highest BCUT2D eigenvalue weighted by atomic mass is 35.5. The number of rotatable bonds is 7. The van der Waals surface area contributed by atoms with Crippen LogP contribution in [0.3, 0.4) is 0 Å². The normalized spacial score (nSPS) is 12.0. The van der Waals surface area contributed by atoms with Gasteiger partial charge in [-0.15, -0.1) is 11.6 Å². The van der Waals surface area contributed by atoms with Gasteiger partial charge in [0, 0.05) is 10.8 Å². The first-order valence-corrected chi connectivity index (χ1v) is 13.5. The molecule has 6 nitrogen and oxygen atoms in total. The Morgan fingerprint density at radius 1 is 1.06 bits per heavy atom. The van der Waals surface area contributed by atoms with E-state index in [2.05, 4.69) is 25.0 Å². The van der Waals surface area contributed by atoms with E-state index in [4.69, 9.17) is 27.9 Å². The van der Waals surface area contributed by atoms with Gasteiger partial charge in [0.25, 0.3) is 10.0 Å². The molecule has 0 aliphatic carbocycles. The van der Waals surface area contributed by atoms with Gasteiger partial charge in [-0.05, 0) is 46.5 Å². The number of aromatic nitrogens is 2. The third kappa shape index (κ3) is 4.87. The second-order valence-electron chi connectivity index (χ2n) is 8.71. The van der Waals surface area contributed by atoms with E-state index < -0.39 is 15.4 Å². The number of ether oxygens (including phenoxy) is 1. The maximum absolute atomic E-state index is 11.9. The smallest absolute Gasteiger partial charge is 0.251 e. The molecule has 0 aliphatic rings. The molecule has 0 bridgehead atoms. The number of benzene rings is 3.